The van der Waals surface area contributed by atoms with Crippen LogP contribution >= 0.6 is 0 Å². The van der Waals surface area contributed by atoms with Crippen LogP contribution in [0.25, 0.3) is 0 Å². The van der Waals surface area contributed by atoms with Gasteiger partial charge in [0.05, 0.1) is 6.42 Å². The Balaban J connectivity index is 3.39. The summed E-state index contributed by atoms with van der Waals surface area (Å²) in [5, 5.41) is 8.81. The van der Waals surface area contributed by atoms with Crippen molar-refractivity contribution < 1.29 is 19.4 Å². The molecule has 0 saturated heterocycles. The molecule has 0 bridgehead atoms. The Morgan fingerprint density at radius 1 is 0.792 bits per heavy atom. The first kappa shape index (κ1) is 22.9. The van der Waals surface area contributed by atoms with Gasteiger partial charge in [-0.25, -0.2) is 0 Å². The van der Waals surface area contributed by atoms with Gasteiger partial charge in [-0.05, 0) is 12.8 Å². The molecule has 0 aliphatic carbocycles. The van der Waals surface area contributed by atoms with E-state index in [9.17, 15) is 9.59 Å². The lowest BCUT2D eigenvalue weighted by Crippen LogP contribution is -2.20. The number of rotatable bonds is 17. The Morgan fingerprint density at radius 3 is 1.58 bits per heavy atom. The van der Waals surface area contributed by atoms with Gasteiger partial charge in [0.25, 0.3) is 0 Å². The third-order valence-corrected chi connectivity index (χ3v) is 4.36. The number of ether oxygens (including phenoxy) is 1. The Bertz CT molecular complexity index is 299. The van der Waals surface area contributed by atoms with Crippen molar-refractivity contribution in [1.82, 2.24) is 0 Å². The first-order valence-electron chi connectivity index (χ1n) is 9.95. The molecular formula is C20H38O4. The number of carboxylic acid groups (broad SMARTS) is 1. The van der Waals surface area contributed by atoms with E-state index >= 15 is 0 Å². The molecular weight excluding hydrogens is 304 g/mol. The monoisotopic (exact) mass is 342 g/mol. The molecule has 1 N–H and O–H groups in total. The van der Waals surface area contributed by atoms with E-state index in [0.717, 1.165) is 12.8 Å². The Kier molecular flexibility index (Phi) is 16.0. The standard InChI is InChI=1S/C20H38O4/c1-3-4-5-6-7-8-9-10-11-12-13-14-15-16-19(17-20(22)23)24-18(2)21/h19H,3-17H2,1-2H3,(H,22,23). The molecule has 1 unspecified atom stereocenters. The van der Waals surface area contributed by atoms with Crippen LogP contribution in [0.3, 0.4) is 0 Å². The van der Waals surface area contributed by atoms with Crippen molar-refractivity contribution in [2.45, 2.75) is 116 Å². The van der Waals surface area contributed by atoms with Crippen molar-refractivity contribution in [1.29, 1.82) is 0 Å². The van der Waals surface area contributed by atoms with E-state index in [1.807, 2.05) is 0 Å². The van der Waals surface area contributed by atoms with Gasteiger partial charge in [-0.1, -0.05) is 84.0 Å². The summed E-state index contributed by atoms with van der Waals surface area (Å²) in [5.41, 5.74) is 0. The molecule has 0 saturated carbocycles. The molecule has 0 aromatic carbocycles. The lowest BCUT2D eigenvalue weighted by molar-refractivity contribution is -0.151. The fourth-order valence-electron chi connectivity index (χ4n) is 3.02. The quantitative estimate of drug-likeness (QED) is 0.265. The normalized spacial score (nSPS) is 12.1. The molecule has 0 amide bonds. The highest BCUT2D eigenvalue weighted by Crippen LogP contribution is 2.15. The van der Waals surface area contributed by atoms with Crippen LogP contribution in [0.5, 0.6) is 0 Å². The highest BCUT2D eigenvalue weighted by molar-refractivity contribution is 5.69. The molecule has 0 fully saturated rings. The molecule has 4 nitrogen and oxygen atoms in total. The van der Waals surface area contributed by atoms with Gasteiger partial charge in [-0.3, -0.25) is 9.59 Å². The summed E-state index contributed by atoms with van der Waals surface area (Å²) in [6, 6.07) is 0. The molecule has 24 heavy (non-hydrogen) atoms. The summed E-state index contributed by atoms with van der Waals surface area (Å²) >= 11 is 0. The minimum Gasteiger partial charge on any atom is -0.481 e. The third kappa shape index (κ3) is 17.3. The number of carbonyl (C=O) groups is 2. The van der Waals surface area contributed by atoms with Gasteiger partial charge < -0.3 is 9.84 Å². The minimum absolute atomic E-state index is 0.0855. The van der Waals surface area contributed by atoms with E-state index in [4.69, 9.17) is 9.84 Å². The van der Waals surface area contributed by atoms with Gasteiger partial charge >= 0.3 is 11.9 Å². The van der Waals surface area contributed by atoms with Gasteiger partial charge in [0.1, 0.15) is 6.10 Å². The Labute approximate surface area is 148 Å². The van der Waals surface area contributed by atoms with E-state index in [1.165, 1.54) is 77.6 Å². The SMILES string of the molecule is CCCCCCCCCCCCCCCC(CC(=O)O)OC(C)=O. The minimum atomic E-state index is -0.907. The zero-order valence-electron chi connectivity index (χ0n) is 15.9. The molecule has 0 aliphatic rings. The van der Waals surface area contributed by atoms with Crippen LogP contribution in [0, 0.1) is 0 Å². The molecule has 0 aliphatic heterocycles. The maximum atomic E-state index is 11.0. The number of hydrogen-bond donors (Lipinski definition) is 1. The van der Waals surface area contributed by atoms with Crippen LogP contribution in [0.4, 0.5) is 0 Å². The average Bonchev–Trinajstić information content (AvgIpc) is 2.50. The summed E-state index contributed by atoms with van der Waals surface area (Å²) in [5.74, 6) is -1.30. The van der Waals surface area contributed by atoms with Crippen LogP contribution < -0.4 is 0 Å². The topological polar surface area (TPSA) is 63.6 Å². The van der Waals surface area contributed by atoms with E-state index in [0.29, 0.717) is 6.42 Å². The largest absolute Gasteiger partial charge is 0.481 e. The molecule has 0 aromatic rings. The van der Waals surface area contributed by atoms with Crippen LogP contribution in [0.15, 0.2) is 0 Å². The fourth-order valence-corrected chi connectivity index (χ4v) is 3.02. The second-order valence-corrected chi connectivity index (χ2v) is 6.86. The third-order valence-electron chi connectivity index (χ3n) is 4.36. The van der Waals surface area contributed by atoms with Gasteiger partial charge in [-0.15, -0.1) is 0 Å². The van der Waals surface area contributed by atoms with E-state index in [2.05, 4.69) is 6.92 Å². The summed E-state index contributed by atoms with van der Waals surface area (Å²) in [4.78, 5) is 21.7. The second-order valence-electron chi connectivity index (χ2n) is 6.86. The number of unbranched alkanes of at least 4 members (excludes halogenated alkanes) is 12. The van der Waals surface area contributed by atoms with Crippen LogP contribution in [0.2, 0.25) is 0 Å². The van der Waals surface area contributed by atoms with Crippen molar-refractivity contribution in [2.24, 2.45) is 0 Å². The fraction of sp³-hybridized carbons (Fsp3) is 0.900. The molecule has 0 heterocycles. The summed E-state index contributed by atoms with van der Waals surface area (Å²) in [6.45, 7) is 3.58. The number of aliphatic carboxylic acids is 1. The predicted molar refractivity (Wildman–Crippen MR) is 98.1 cm³/mol. The first-order chi connectivity index (χ1) is 11.6. The lowest BCUT2D eigenvalue weighted by Gasteiger charge is -2.14. The lowest BCUT2D eigenvalue weighted by atomic mass is 10.0. The average molecular weight is 343 g/mol. The molecule has 0 spiro atoms. The van der Waals surface area contributed by atoms with Gasteiger partial charge in [0.2, 0.25) is 0 Å². The zero-order chi connectivity index (χ0) is 18.0. The van der Waals surface area contributed by atoms with Crippen molar-refractivity contribution >= 4 is 11.9 Å². The molecule has 4 heteroatoms. The van der Waals surface area contributed by atoms with Crippen molar-refractivity contribution in [2.75, 3.05) is 0 Å². The Hall–Kier alpha value is -1.06. The molecule has 0 rings (SSSR count). The number of carbonyl (C=O) groups excluding carboxylic acids is 1. The smallest absolute Gasteiger partial charge is 0.307 e. The van der Waals surface area contributed by atoms with Crippen LogP contribution in [0.1, 0.15) is 110 Å². The summed E-state index contributed by atoms with van der Waals surface area (Å²) in [7, 11) is 0. The number of carboxylic acids is 1. The van der Waals surface area contributed by atoms with Gasteiger partial charge in [0.15, 0.2) is 0 Å². The highest BCUT2D eigenvalue weighted by Gasteiger charge is 2.15. The maximum absolute atomic E-state index is 11.0. The maximum Gasteiger partial charge on any atom is 0.307 e. The molecule has 0 radical (unpaired) electrons. The number of hydrogen-bond acceptors (Lipinski definition) is 3. The zero-order valence-corrected chi connectivity index (χ0v) is 15.9. The van der Waals surface area contributed by atoms with Crippen molar-refractivity contribution in [3.05, 3.63) is 0 Å². The van der Waals surface area contributed by atoms with E-state index < -0.39 is 18.0 Å². The summed E-state index contributed by atoms with van der Waals surface area (Å²) < 4.78 is 5.05. The molecule has 0 aromatic heterocycles. The van der Waals surface area contributed by atoms with Crippen LogP contribution in [-0.4, -0.2) is 23.1 Å². The Morgan fingerprint density at radius 2 is 1.21 bits per heavy atom. The van der Waals surface area contributed by atoms with Gasteiger partial charge in [-0.2, -0.15) is 0 Å². The number of esters is 1. The van der Waals surface area contributed by atoms with E-state index in [-0.39, 0.29) is 6.42 Å². The predicted octanol–water partition coefficient (Wildman–Crippen LogP) is 5.87. The van der Waals surface area contributed by atoms with Crippen molar-refractivity contribution in [3.63, 3.8) is 0 Å². The van der Waals surface area contributed by atoms with Gasteiger partial charge in [0, 0.05) is 6.92 Å². The van der Waals surface area contributed by atoms with Crippen molar-refractivity contribution in [3.8, 4) is 0 Å². The molecule has 1 atom stereocenters. The van der Waals surface area contributed by atoms with E-state index in [1.54, 1.807) is 0 Å². The highest BCUT2D eigenvalue weighted by atomic mass is 16.5. The van der Waals surface area contributed by atoms with Crippen LogP contribution in [-0.2, 0) is 14.3 Å². The summed E-state index contributed by atoms with van der Waals surface area (Å²) in [6.07, 6.45) is 16.8. The second kappa shape index (κ2) is 16.8. The first-order valence-corrected chi connectivity index (χ1v) is 9.95. The molecule has 142 valence electrons.